The molecule has 2 unspecified atom stereocenters. The van der Waals surface area contributed by atoms with Crippen molar-refractivity contribution < 1.29 is 147 Å². The molecule has 0 aliphatic carbocycles. The third-order valence-electron chi connectivity index (χ3n) is 12.5. The van der Waals surface area contributed by atoms with Crippen molar-refractivity contribution in [2.24, 2.45) is 11.3 Å². The van der Waals surface area contributed by atoms with Gasteiger partial charge in [-0.2, -0.15) is 13.2 Å². The van der Waals surface area contributed by atoms with Gasteiger partial charge in [-0.3, -0.25) is 9.59 Å². The van der Waals surface area contributed by atoms with E-state index in [-0.39, 0.29) is 80.7 Å². The van der Waals surface area contributed by atoms with E-state index < -0.39 is 121 Å². The number of amides is 1. The van der Waals surface area contributed by atoms with E-state index in [0.717, 1.165) is 37.3 Å². The summed E-state index contributed by atoms with van der Waals surface area (Å²) in [6, 6.07) is 6.53. The summed E-state index contributed by atoms with van der Waals surface area (Å²) in [6.45, 7) is 66.9. The number of hydrogen-bond acceptors (Lipinski definition) is 19. The Kier molecular flexibility index (Phi) is 42.0. The Hall–Kier alpha value is 0.912. The zero-order valence-electron chi connectivity index (χ0n) is 62.0. The SMILES string of the molecule is CCC(C)(C)C(=O)OCCC[Si](C)(C)O[Si](C)(C)O[Si](C)(C)O[Si](C)(C)O[Si](C)(C)O[Si](C)(C)O[Si](C)(C)O[Si](C)(C)O[Si](C)(C)O[Si](C)(C)O[Si](C)(C)C.CCC(C)c1ccc(C(=O)[N-]S(=O)(=O)C(F)(F)F)cc1.CCOCCOCCOC(=O)C(C)CC.[K+]. The molecule has 0 aliphatic heterocycles. The third kappa shape index (κ3) is 44.6. The number of nitrogens with zero attached hydrogens (tertiary/aromatic N) is 1. The van der Waals surface area contributed by atoms with Crippen LogP contribution in [0.25, 0.3) is 4.72 Å². The summed E-state index contributed by atoms with van der Waals surface area (Å²) >= 11 is 0. The van der Waals surface area contributed by atoms with Gasteiger partial charge in [0.1, 0.15) is 6.61 Å². The Labute approximate surface area is 603 Å². The summed E-state index contributed by atoms with van der Waals surface area (Å²) in [5.41, 5.74) is -5.33. The first-order chi connectivity index (χ1) is 40.1. The standard InChI is InChI=1S/C32H86O12Si11.C12H14F3NO3S.C11H22O4.K/c1-27-32(2,3)31(33)34-29-28-30-46(7,8)36-48(11,12)38-50(15,16)40-52(19,20)42-54(23,24)44-55(25,26)43-53(21,22)41-51(17,18)39-49(13,14)37-47(9,10)35-45(4,5)6;1-3-8(2)9-4-6-10(7-5-9)11(17)16-20(18,19)12(13,14)15;1-4-10(3)11(12)15-9-8-14-7-6-13-5-2;/h27-30H2,1-26H3;4-8H,3H2,1-2H3,(H,16,17);10H,4-9H2,1-3H3;/q;;;+1/p-1. The van der Waals surface area contributed by atoms with Crippen molar-refractivity contribution in [2.75, 3.05) is 39.6 Å². The number of hydrogen-bond donors (Lipinski definition) is 0. The first-order valence-electron chi connectivity index (χ1n) is 31.3. The number of halogens is 3. The first kappa shape index (κ1) is 96.1. The number of benzene rings is 1. The molecule has 0 saturated heterocycles. The number of esters is 2. The summed E-state index contributed by atoms with van der Waals surface area (Å²) in [4.78, 5) is 35.0. The summed E-state index contributed by atoms with van der Waals surface area (Å²) in [5, 5.41) is 0. The molecule has 36 heteroatoms. The zero-order chi connectivity index (χ0) is 71.3. The molecule has 0 heterocycles. The second-order valence-electron chi connectivity index (χ2n) is 28.5. The molecule has 0 aromatic heterocycles. The van der Waals surface area contributed by atoms with Gasteiger partial charge in [-0.25, -0.2) is 8.42 Å². The quantitative estimate of drug-likeness (QED) is 0.0339. The van der Waals surface area contributed by atoms with Crippen molar-refractivity contribution in [3.8, 4) is 0 Å². The van der Waals surface area contributed by atoms with Crippen LogP contribution < -0.4 is 51.4 Å². The van der Waals surface area contributed by atoms with Gasteiger partial charge in [0.2, 0.25) is 0 Å². The fourth-order valence-electron chi connectivity index (χ4n) is 9.66. The average molecular weight is 1540 g/mol. The van der Waals surface area contributed by atoms with Crippen LogP contribution in [0.1, 0.15) is 103 Å². The summed E-state index contributed by atoms with van der Waals surface area (Å²) < 4.78 is 148. The Morgan fingerprint density at radius 1 is 0.495 bits per heavy atom. The van der Waals surface area contributed by atoms with E-state index in [4.69, 9.17) is 60.1 Å². The smallest absolute Gasteiger partial charge is 0.534 e. The van der Waals surface area contributed by atoms with E-state index in [1.165, 1.54) is 12.1 Å². The number of ether oxygens (including phenoxy) is 4. The number of carbonyl (C=O) groups excluding carboxylic acids is 3. The van der Waals surface area contributed by atoms with E-state index in [1.54, 1.807) is 12.1 Å². The molecule has 0 spiro atoms. The maximum absolute atomic E-state index is 12.4. The number of carbonyl (C=O) groups is 3. The van der Waals surface area contributed by atoms with Crippen molar-refractivity contribution in [1.82, 2.24) is 0 Å². The van der Waals surface area contributed by atoms with Crippen LogP contribution in [0.15, 0.2) is 24.3 Å². The Bertz CT molecular complexity index is 2440. The van der Waals surface area contributed by atoms with Crippen molar-refractivity contribution in [1.29, 1.82) is 0 Å². The largest absolute Gasteiger partial charge is 1.00 e. The number of rotatable bonds is 39. The predicted molar refractivity (Wildman–Crippen MR) is 379 cm³/mol. The fraction of sp³-hybridized carbons (Fsp3) is 0.836. The average Bonchev–Trinajstić information content (AvgIpc) is 2.75. The van der Waals surface area contributed by atoms with Crippen LogP contribution in [0.5, 0.6) is 0 Å². The van der Waals surface area contributed by atoms with Crippen LogP contribution in [-0.4, -0.2) is 165 Å². The normalized spacial score (nSPS) is 14.4. The maximum atomic E-state index is 12.4. The van der Waals surface area contributed by atoms with Gasteiger partial charge in [0.15, 0.2) is 26.7 Å². The molecule has 1 rings (SSSR count). The molecule has 0 aliphatic rings. The molecule has 0 bridgehead atoms. The van der Waals surface area contributed by atoms with Gasteiger partial charge in [-0.15, -0.1) is 0 Å². The minimum Gasteiger partial charge on any atom is -0.534 e. The van der Waals surface area contributed by atoms with Crippen molar-refractivity contribution in [3.63, 3.8) is 0 Å². The third-order valence-corrected chi connectivity index (χ3v) is 55.1. The first-order valence-corrected chi connectivity index (χ1v) is 64.6. The summed E-state index contributed by atoms with van der Waals surface area (Å²) in [6.07, 6.45) is 3.19. The van der Waals surface area contributed by atoms with Crippen LogP contribution in [0, 0.1) is 11.3 Å². The summed E-state index contributed by atoms with van der Waals surface area (Å²) in [5.74, 6) is -1.51. The van der Waals surface area contributed by atoms with Crippen molar-refractivity contribution in [3.05, 3.63) is 40.1 Å². The van der Waals surface area contributed by atoms with E-state index in [2.05, 4.69) is 155 Å². The second-order valence-corrected chi connectivity index (χ2v) is 71.7. The Morgan fingerprint density at radius 2 is 0.846 bits per heavy atom. The predicted octanol–water partition coefficient (Wildman–Crippen LogP) is 13.1. The maximum Gasteiger partial charge on any atom is 1.00 e. The second kappa shape index (κ2) is 39.8. The van der Waals surface area contributed by atoms with Gasteiger partial charge in [0.05, 0.1) is 43.7 Å². The van der Waals surface area contributed by atoms with E-state index in [9.17, 15) is 36.0 Å². The number of alkyl halides is 3. The van der Waals surface area contributed by atoms with Crippen LogP contribution in [0.4, 0.5) is 13.2 Å². The molecular weight excluding hydrogens is 1420 g/mol. The van der Waals surface area contributed by atoms with Crippen molar-refractivity contribution in [2.45, 2.75) is 249 Å². The molecule has 0 saturated carbocycles. The van der Waals surface area contributed by atoms with E-state index in [1.807, 2.05) is 55.4 Å². The molecule has 91 heavy (non-hydrogen) atoms. The molecule has 1 amide bonds. The minimum atomic E-state index is -5.80. The monoisotopic (exact) mass is 1540 g/mol. The van der Waals surface area contributed by atoms with Crippen LogP contribution >= 0.6 is 0 Å². The van der Waals surface area contributed by atoms with Crippen molar-refractivity contribution >= 4 is 122 Å². The van der Waals surface area contributed by atoms with Crippen LogP contribution in [0.2, 0.25) is 157 Å². The van der Waals surface area contributed by atoms with E-state index >= 15 is 0 Å². The number of sulfonamides is 1. The van der Waals surface area contributed by atoms with Crippen LogP contribution in [-0.2, 0) is 79.7 Å². The molecule has 532 valence electrons. The Balaban J connectivity index is -0.00000173. The minimum absolute atomic E-state index is 0. The fourth-order valence-corrected chi connectivity index (χ4v) is 65.5. The van der Waals surface area contributed by atoms with Gasteiger partial charge < -0.3 is 69.6 Å². The van der Waals surface area contributed by atoms with Gasteiger partial charge >= 0.3 is 146 Å². The molecule has 2 atom stereocenters. The van der Waals surface area contributed by atoms with Gasteiger partial charge in [0.25, 0.3) is 0 Å². The molecule has 1 aromatic rings. The molecule has 1 aromatic carbocycles. The Morgan fingerprint density at radius 3 is 1.18 bits per heavy atom. The molecule has 0 N–H and O–H groups in total. The molecule has 0 radical (unpaired) electrons. The van der Waals surface area contributed by atoms with Gasteiger partial charge in [-0.05, 0) is 220 Å². The van der Waals surface area contributed by atoms with Gasteiger partial charge in [0, 0.05) is 6.61 Å². The zero-order valence-corrected chi connectivity index (χ0v) is 76.9. The molecule has 20 nitrogen and oxygen atoms in total. The van der Waals surface area contributed by atoms with E-state index in [0.29, 0.717) is 39.6 Å². The van der Waals surface area contributed by atoms with Crippen LogP contribution in [0.3, 0.4) is 0 Å². The molecule has 0 fully saturated rings. The topological polar surface area (TPSA) is 229 Å². The summed E-state index contributed by atoms with van der Waals surface area (Å²) in [7, 11) is -33.4. The van der Waals surface area contributed by atoms with Gasteiger partial charge in [-0.1, -0.05) is 58.9 Å². The molecular formula is C55H121F3KNO19SSi11.